The fourth-order valence-electron chi connectivity index (χ4n) is 6.10. The van der Waals surface area contributed by atoms with Gasteiger partial charge in [-0.05, 0) is 71.7 Å². The summed E-state index contributed by atoms with van der Waals surface area (Å²) >= 11 is 0. The van der Waals surface area contributed by atoms with Crippen molar-refractivity contribution in [2.45, 2.75) is 91.9 Å². The van der Waals surface area contributed by atoms with Crippen molar-refractivity contribution in [2.75, 3.05) is 17.7 Å². The van der Waals surface area contributed by atoms with Crippen molar-refractivity contribution in [2.24, 2.45) is 5.41 Å². The van der Waals surface area contributed by atoms with E-state index in [4.69, 9.17) is 15.2 Å². The molecule has 240 valence electrons. The van der Waals surface area contributed by atoms with E-state index in [-0.39, 0.29) is 22.1 Å². The highest BCUT2D eigenvalue weighted by molar-refractivity contribution is 6.11. The van der Waals surface area contributed by atoms with E-state index in [2.05, 4.69) is 52.9 Å². The maximum atomic E-state index is 13.9. The van der Waals surface area contributed by atoms with E-state index >= 15 is 0 Å². The second kappa shape index (κ2) is 14.7. The number of nitrogens with two attached hydrogens (primary N) is 1. The molecule has 0 saturated carbocycles. The molecule has 1 amide bonds. The van der Waals surface area contributed by atoms with Crippen molar-refractivity contribution in [1.29, 1.82) is 0 Å². The number of carbonyl (C=O) groups excluding carboxylic acids is 1. The van der Waals surface area contributed by atoms with Crippen LogP contribution in [0.3, 0.4) is 0 Å². The second-order valence-corrected chi connectivity index (χ2v) is 13.9. The largest absolute Gasteiger partial charge is 0.506 e. The fourth-order valence-corrected chi connectivity index (χ4v) is 6.10. The highest BCUT2D eigenvalue weighted by Gasteiger charge is 2.28. The predicted molar refractivity (Wildman–Crippen MR) is 187 cm³/mol. The molecule has 0 heterocycles. The molecule has 0 fully saturated rings. The van der Waals surface area contributed by atoms with Crippen LogP contribution >= 0.6 is 0 Å². The van der Waals surface area contributed by atoms with Gasteiger partial charge in [0.15, 0.2) is 0 Å². The van der Waals surface area contributed by atoms with Crippen molar-refractivity contribution in [3.63, 3.8) is 0 Å². The van der Waals surface area contributed by atoms with Crippen molar-refractivity contribution in [3.8, 4) is 23.0 Å². The monoisotopic (exact) mass is 610 g/mol. The van der Waals surface area contributed by atoms with Gasteiger partial charge in [-0.25, -0.2) is 0 Å². The number of phenols is 1. The van der Waals surface area contributed by atoms with E-state index < -0.39 is 5.91 Å². The Morgan fingerprint density at radius 3 is 2.18 bits per heavy atom. The first-order valence-corrected chi connectivity index (χ1v) is 16.2. The quantitative estimate of drug-likeness (QED) is 0.0975. The Morgan fingerprint density at radius 2 is 1.49 bits per heavy atom. The molecule has 4 N–H and O–H groups in total. The third kappa shape index (κ3) is 9.16. The molecule has 0 bridgehead atoms. The molecule has 0 spiro atoms. The Balaban J connectivity index is 1.66. The van der Waals surface area contributed by atoms with Crippen molar-refractivity contribution < 1.29 is 19.4 Å². The first-order chi connectivity index (χ1) is 21.4. The van der Waals surface area contributed by atoms with E-state index in [1.165, 1.54) is 25.7 Å². The first-order valence-electron chi connectivity index (χ1n) is 16.2. The summed E-state index contributed by atoms with van der Waals surface area (Å²) < 4.78 is 12.5. The van der Waals surface area contributed by atoms with Gasteiger partial charge in [0.2, 0.25) is 0 Å². The summed E-state index contributed by atoms with van der Waals surface area (Å²) in [5.74, 6) is 1.09. The topological polar surface area (TPSA) is 93.8 Å². The number of benzene rings is 4. The number of hydrogen-bond acceptors (Lipinski definition) is 5. The zero-order valence-electron chi connectivity index (χ0n) is 27.8. The van der Waals surface area contributed by atoms with E-state index in [9.17, 15) is 9.90 Å². The lowest BCUT2D eigenvalue weighted by molar-refractivity contribution is 0.102. The van der Waals surface area contributed by atoms with Gasteiger partial charge >= 0.3 is 0 Å². The van der Waals surface area contributed by atoms with Gasteiger partial charge in [-0.3, -0.25) is 4.79 Å². The third-order valence-electron chi connectivity index (χ3n) is 8.07. The van der Waals surface area contributed by atoms with Crippen LogP contribution in [-0.4, -0.2) is 17.6 Å². The summed E-state index contributed by atoms with van der Waals surface area (Å²) in [5.41, 5.74) is 8.27. The van der Waals surface area contributed by atoms with Crippen LogP contribution in [0.25, 0.3) is 10.8 Å². The van der Waals surface area contributed by atoms with Crippen LogP contribution in [-0.2, 0) is 5.41 Å². The molecule has 4 rings (SSSR count). The molecule has 0 aliphatic heterocycles. The molecule has 6 heteroatoms. The lowest BCUT2D eigenvalue weighted by Crippen LogP contribution is -2.25. The summed E-state index contributed by atoms with van der Waals surface area (Å²) in [6.45, 7) is 14.0. The molecule has 0 atom stereocenters. The van der Waals surface area contributed by atoms with E-state index in [0.29, 0.717) is 46.0 Å². The van der Waals surface area contributed by atoms with Crippen molar-refractivity contribution >= 4 is 28.1 Å². The summed E-state index contributed by atoms with van der Waals surface area (Å²) in [5, 5.41) is 15.6. The van der Waals surface area contributed by atoms with Crippen LogP contribution in [0.2, 0.25) is 0 Å². The molecule has 0 saturated heterocycles. The van der Waals surface area contributed by atoms with Crippen LogP contribution in [0, 0.1) is 5.41 Å². The summed E-state index contributed by atoms with van der Waals surface area (Å²) in [6, 6.07) is 22.1. The Kier molecular flexibility index (Phi) is 11.0. The zero-order chi connectivity index (χ0) is 32.6. The van der Waals surface area contributed by atoms with Gasteiger partial charge in [0.25, 0.3) is 5.91 Å². The van der Waals surface area contributed by atoms with Gasteiger partial charge in [-0.15, -0.1) is 0 Å². The Morgan fingerprint density at radius 1 is 0.822 bits per heavy atom. The van der Waals surface area contributed by atoms with Crippen LogP contribution in [0.5, 0.6) is 23.0 Å². The number of fused-ring (bicyclic) bond motifs is 1. The Labute approximate surface area is 269 Å². The molecule has 0 aromatic heterocycles. The Bertz CT molecular complexity index is 1590. The van der Waals surface area contributed by atoms with Gasteiger partial charge in [0, 0.05) is 16.5 Å². The molecule has 45 heavy (non-hydrogen) atoms. The summed E-state index contributed by atoms with van der Waals surface area (Å²) in [4.78, 5) is 13.9. The number of rotatable bonds is 14. The molecule has 6 nitrogen and oxygen atoms in total. The minimum absolute atomic E-state index is 0.105. The average Bonchev–Trinajstić information content (AvgIpc) is 2.98. The molecule has 0 aliphatic rings. The first kappa shape index (κ1) is 33.7. The molecule has 4 aromatic carbocycles. The lowest BCUT2D eigenvalue weighted by Gasteiger charge is -2.33. The van der Waals surface area contributed by atoms with Crippen LogP contribution in [0.15, 0.2) is 72.8 Å². The van der Waals surface area contributed by atoms with Crippen LogP contribution in [0.4, 0.5) is 11.4 Å². The maximum Gasteiger partial charge on any atom is 0.259 e. The minimum Gasteiger partial charge on any atom is -0.506 e. The molecule has 0 aliphatic carbocycles. The highest BCUT2D eigenvalue weighted by Crippen LogP contribution is 2.41. The van der Waals surface area contributed by atoms with Gasteiger partial charge in [0.05, 0.1) is 17.9 Å². The smallest absolute Gasteiger partial charge is 0.259 e. The zero-order valence-corrected chi connectivity index (χ0v) is 27.8. The number of nitrogens with one attached hydrogen (secondary N) is 1. The standard InChI is InChI=1S/C39H50N2O4/c1-7-8-9-10-11-14-23-44-34-22-17-27(39(5,6)26-38(2,3)4)24-33(34)41-37(43)32-25-35(45-29-20-18-28(40)19-21-29)30-15-12-13-16-31(30)36(32)42/h12-13,15-22,24-25,42H,7-11,14,23,26,40H2,1-6H3,(H,41,43). The maximum absolute atomic E-state index is 13.9. The van der Waals surface area contributed by atoms with Crippen LogP contribution < -0.4 is 20.5 Å². The normalized spacial score (nSPS) is 11.9. The highest BCUT2D eigenvalue weighted by atomic mass is 16.5. The molecule has 4 aromatic rings. The fraction of sp³-hybridized carbons (Fsp3) is 0.410. The van der Waals surface area contributed by atoms with Crippen molar-refractivity contribution in [1.82, 2.24) is 0 Å². The van der Waals surface area contributed by atoms with Crippen LogP contribution in [0.1, 0.15) is 102 Å². The number of anilines is 2. The molecular formula is C39H50N2O4. The van der Waals surface area contributed by atoms with Gasteiger partial charge in [0.1, 0.15) is 23.0 Å². The van der Waals surface area contributed by atoms with E-state index in [0.717, 1.165) is 24.8 Å². The number of unbranched alkanes of at least 4 members (excludes halogenated alkanes) is 5. The third-order valence-corrected chi connectivity index (χ3v) is 8.07. The van der Waals surface area contributed by atoms with Gasteiger partial charge < -0.3 is 25.6 Å². The number of nitrogen functional groups attached to an aromatic ring is 1. The van der Waals surface area contributed by atoms with Gasteiger partial charge in [-0.2, -0.15) is 0 Å². The van der Waals surface area contributed by atoms with Crippen molar-refractivity contribution in [3.05, 3.63) is 83.9 Å². The average molecular weight is 611 g/mol. The second-order valence-electron chi connectivity index (χ2n) is 13.9. The number of amides is 1. The lowest BCUT2D eigenvalue weighted by atomic mass is 9.72. The number of carbonyl (C=O) groups is 1. The van der Waals surface area contributed by atoms with Gasteiger partial charge in [-0.1, -0.05) is 104 Å². The molecule has 0 radical (unpaired) electrons. The molecule has 0 unspecified atom stereocenters. The number of hydrogen-bond donors (Lipinski definition) is 3. The van der Waals surface area contributed by atoms with E-state index in [1.54, 1.807) is 36.4 Å². The summed E-state index contributed by atoms with van der Waals surface area (Å²) in [6.07, 6.45) is 7.95. The van der Waals surface area contributed by atoms with E-state index in [1.807, 2.05) is 30.3 Å². The number of ether oxygens (including phenoxy) is 2. The number of aromatic hydroxyl groups is 1. The summed E-state index contributed by atoms with van der Waals surface area (Å²) in [7, 11) is 0. The molecular weight excluding hydrogens is 560 g/mol. The predicted octanol–water partition coefficient (Wildman–Crippen LogP) is 10.6. The SMILES string of the molecule is CCCCCCCCOc1ccc(C(C)(C)CC(C)(C)C)cc1NC(=O)c1cc(Oc2ccc(N)cc2)c2ccccc2c1O. The number of phenolic OH excluding ortho intramolecular Hbond substituents is 1. The Hall–Kier alpha value is -4.19. The minimum atomic E-state index is -0.449.